The summed E-state index contributed by atoms with van der Waals surface area (Å²) in [5, 5.41) is -7.11. The van der Waals surface area contributed by atoms with Gasteiger partial charge in [0.15, 0.2) is 13.7 Å². The summed E-state index contributed by atoms with van der Waals surface area (Å²) >= 11 is 2.05. The largest absolute Gasteiger partial charge is 0.743 e. The van der Waals surface area contributed by atoms with Crippen LogP contribution < -0.4 is 22.6 Å². The molecule has 164 valence electrons. The van der Waals surface area contributed by atoms with Crippen molar-refractivity contribution in [3.8, 4) is 0 Å². The second kappa shape index (κ2) is 8.16. The van der Waals surface area contributed by atoms with Crippen LogP contribution in [-0.4, -0.2) is 36.2 Å². The Labute approximate surface area is 168 Å². The molecule has 0 amide bonds. The van der Waals surface area contributed by atoms with Gasteiger partial charge in [0.05, 0.1) is 0 Å². The summed E-state index contributed by atoms with van der Waals surface area (Å²) in [6.07, 6.45) is -7.16. The van der Waals surface area contributed by atoms with E-state index in [-0.39, 0.29) is 5.41 Å². The average molecular weight is 560 g/mol. The number of rotatable bonds is 3. The van der Waals surface area contributed by atoms with Gasteiger partial charge >= 0.3 is 23.3 Å². The molecule has 0 fully saturated rings. The summed E-state index contributed by atoms with van der Waals surface area (Å²) in [5.41, 5.74) is 1.69. The third kappa shape index (κ3) is 5.64. The summed E-state index contributed by atoms with van der Waals surface area (Å²) in [6.45, 7) is 6.70. The van der Waals surface area contributed by atoms with E-state index in [1.165, 1.54) is 9.13 Å². The molecule has 28 heavy (non-hydrogen) atoms. The van der Waals surface area contributed by atoms with Crippen LogP contribution in [0.25, 0.3) is 0 Å². The topological polar surface area (TPSA) is 57.2 Å². The molecule has 0 saturated carbocycles. The zero-order valence-corrected chi connectivity index (χ0v) is 17.4. The molecule has 0 unspecified atom stereocenters. The lowest BCUT2D eigenvalue weighted by atomic mass is 9.87. The first-order valence-electron chi connectivity index (χ1n) is 6.93. The highest BCUT2D eigenvalue weighted by atomic mass is 127. The Kier molecular flexibility index (Phi) is 7.94. The molecular weight excluding hydrogens is 546 g/mol. The van der Waals surface area contributed by atoms with Crippen molar-refractivity contribution < 1.29 is 75.1 Å². The van der Waals surface area contributed by atoms with Crippen molar-refractivity contribution in [1.29, 1.82) is 0 Å². The molecule has 3 nitrogen and oxygen atoms in total. The van der Waals surface area contributed by atoms with Crippen LogP contribution in [0.2, 0.25) is 0 Å². The molecule has 1 rings (SSSR count). The molecule has 0 N–H and O–H groups in total. The monoisotopic (exact) mass is 560 g/mol. The van der Waals surface area contributed by atoms with E-state index in [0.717, 1.165) is 0 Å². The van der Waals surface area contributed by atoms with Gasteiger partial charge in [0.25, 0.3) is 22.6 Å². The molecule has 0 radical (unpaired) electrons. The van der Waals surface area contributed by atoms with Gasteiger partial charge in [-0.25, -0.2) is 8.42 Å². The minimum atomic E-state index is -7.43. The molecule has 0 aliphatic rings. The zero-order valence-electron chi connectivity index (χ0n) is 14.3. The Morgan fingerprint density at radius 2 is 1.14 bits per heavy atom. The predicted octanol–water partition coefficient (Wildman–Crippen LogP) is 1.40. The molecule has 0 aliphatic heterocycles. The lowest BCUT2D eigenvalue weighted by Gasteiger charge is -2.34. The average Bonchev–Trinajstić information content (AvgIpc) is 2.44. The minimum Gasteiger partial charge on any atom is -0.743 e. The third-order valence-corrected chi connectivity index (χ3v) is 4.81. The highest BCUT2D eigenvalue weighted by molar-refractivity contribution is 7.86. The highest BCUT2D eigenvalue weighted by Gasteiger charge is 2.83. The van der Waals surface area contributed by atoms with Crippen molar-refractivity contribution in [2.45, 2.75) is 49.5 Å². The SMILES string of the molecule is CC(C)(C)c1ccc([IH+])cc1.O=S(=O)([O-])C(F)(F)C(F)(F)C(F)(F)C(F)(F)F. The molecule has 0 bridgehead atoms. The molecule has 0 aliphatic carbocycles. The minimum absolute atomic E-state index is 0.287. The van der Waals surface area contributed by atoms with Gasteiger partial charge < -0.3 is 4.55 Å². The van der Waals surface area contributed by atoms with Crippen molar-refractivity contribution in [2.75, 3.05) is 0 Å². The number of hydrogen-bond acceptors (Lipinski definition) is 3. The first-order valence-corrected chi connectivity index (χ1v) is 9.50. The molecule has 1 aromatic rings. The third-order valence-electron chi connectivity index (χ3n) is 3.15. The first-order chi connectivity index (χ1) is 12.0. The number of alkyl halides is 9. The van der Waals surface area contributed by atoms with Gasteiger partial charge in [0.1, 0.15) is 0 Å². The van der Waals surface area contributed by atoms with Crippen molar-refractivity contribution in [2.24, 2.45) is 0 Å². The second-order valence-corrected chi connectivity index (χ2v) is 9.16. The molecule has 0 spiro atoms. The van der Waals surface area contributed by atoms with Gasteiger partial charge in [0.2, 0.25) is 0 Å². The van der Waals surface area contributed by atoms with Gasteiger partial charge in [-0.1, -0.05) is 32.9 Å². The predicted molar refractivity (Wildman–Crippen MR) is 75.8 cm³/mol. The molecule has 0 atom stereocenters. The van der Waals surface area contributed by atoms with Crippen LogP contribution in [0.5, 0.6) is 0 Å². The maximum atomic E-state index is 12.2. The number of halogens is 10. The van der Waals surface area contributed by atoms with Crippen LogP contribution in [0.15, 0.2) is 24.3 Å². The summed E-state index contributed by atoms with van der Waals surface area (Å²) in [4.78, 5) is 0. The van der Waals surface area contributed by atoms with Gasteiger partial charge in [-0.2, -0.15) is 39.5 Å². The van der Waals surface area contributed by atoms with Crippen molar-refractivity contribution in [1.82, 2.24) is 0 Å². The summed E-state index contributed by atoms with van der Waals surface area (Å²) in [6, 6.07) is 8.76. The lowest BCUT2D eigenvalue weighted by molar-refractivity contribution is -0.382. The van der Waals surface area contributed by atoms with E-state index < -0.39 is 33.4 Å². The van der Waals surface area contributed by atoms with Crippen molar-refractivity contribution >= 4 is 10.1 Å². The lowest BCUT2D eigenvalue weighted by Crippen LogP contribution is -3.34. The Morgan fingerprint density at radius 1 is 0.786 bits per heavy atom. The Bertz CT molecular complexity index is 767. The van der Waals surface area contributed by atoms with Gasteiger partial charge in [-0.15, -0.1) is 0 Å². The summed E-state index contributed by atoms with van der Waals surface area (Å²) in [7, 11) is -7.42. The van der Waals surface area contributed by atoms with E-state index in [4.69, 9.17) is 0 Å². The quantitative estimate of drug-likeness (QED) is 0.320. The normalized spacial score (nSPS) is 14.4. The van der Waals surface area contributed by atoms with E-state index in [0.29, 0.717) is 0 Å². The number of benzene rings is 1. The second-order valence-electron chi connectivity index (χ2n) is 6.39. The molecule has 14 heteroatoms. The van der Waals surface area contributed by atoms with Crippen LogP contribution in [-0.2, 0) is 15.5 Å². The van der Waals surface area contributed by atoms with Gasteiger partial charge in [-0.05, 0) is 23.1 Å². The van der Waals surface area contributed by atoms with E-state index >= 15 is 0 Å². The van der Waals surface area contributed by atoms with Crippen LogP contribution in [0.4, 0.5) is 39.5 Å². The van der Waals surface area contributed by atoms with E-state index in [9.17, 15) is 52.5 Å². The summed E-state index contributed by atoms with van der Waals surface area (Å²) < 4.78 is 137. The maximum Gasteiger partial charge on any atom is 0.460 e. The van der Waals surface area contributed by atoms with Crippen LogP contribution >= 0.6 is 0 Å². The van der Waals surface area contributed by atoms with Gasteiger partial charge in [-0.3, -0.25) is 0 Å². The standard InChI is InChI=1S/C10H14I.C4HF9O3S/c1-10(2,3)8-4-6-9(11)7-5-8;5-1(6,3(9,10)11)2(7,8)4(12,13)17(14,15)16/h4-7,11H,1-3H3;(H,14,15,16)/q+1;/p-1. The number of hydrogen-bond donors (Lipinski definition) is 0. The fraction of sp³-hybridized carbons (Fsp3) is 0.571. The fourth-order valence-corrected chi connectivity index (χ4v) is 2.30. The Hall–Kier alpha value is -0.770. The Morgan fingerprint density at radius 3 is 1.39 bits per heavy atom. The fourth-order valence-electron chi connectivity index (χ4n) is 1.47. The molecule has 0 heterocycles. The molecular formula is C14H14F9IO3S. The maximum absolute atomic E-state index is 12.2. The van der Waals surface area contributed by atoms with E-state index in [2.05, 4.69) is 45.0 Å². The molecule has 1 aromatic carbocycles. The first kappa shape index (κ1) is 27.2. The van der Waals surface area contributed by atoms with E-state index in [1.807, 2.05) is 22.6 Å². The van der Waals surface area contributed by atoms with Gasteiger partial charge in [0, 0.05) is 0 Å². The van der Waals surface area contributed by atoms with Crippen LogP contribution in [0.1, 0.15) is 26.3 Å². The molecule has 0 aromatic heterocycles. The smallest absolute Gasteiger partial charge is 0.460 e. The summed E-state index contributed by atoms with van der Waals surface area (Å²) in [5.74, 6) is -14.8. The van der Waals surface area contributed by atoms with Crippen LogP contribution in [0.3, 0.4) is 0 Å². The van der Waals surface area contributed by atoms with Crippen LogP contribution in [0, 0.1) is 3.57 Å². The highest BCUT2D eigenvalue weighted by Crippen LogP contribution is 2.54. The molecule has 0 saturated heterocycles. The van der Waals surface area contributed by atoms with Crippen molar-refractivity contribution in [3.63, 3.8) is 0 Å². The Balaban J connectivity index is 0.000000567. The van der Waals surface area contributed by atoms with Crippen molar-refractivity contribution in [3.05, 3.63) is 33.4 Å². The van der Waals surface area contributed by atoms with E-state index in [1.54, 1.807) is 0 Å². The zero-order chi connectivity index (χ0) is 23.0.